The molecule has 0 aliphatic carbocycles. The number of piperidine rings is 1. The fourth-order valence-electron chi connectivity index (χ4n) is 7.11. The monoisotopic (exact) mass is 696 g/mol. The van der Waals surface area contributed by atoms with Crippen LogP contribution in [-0.2, 0) is 6.54 Å². The smallest absolute Gasteiger partial charge is 0.269 e. The van der Waals surface area contributed by atoms with Crippen LogP contribution in [0.1, 0.15) is 38.7 Å². The third-order valence-corrected chi connectivity index (χ3v) is 10.1. The first-order valence-corrected chi connectivity index (χ1v) is 16.5. The number of carbonyl (C=O) groups is 2. The summed E-state index contributed by atoms with van der Waals surface area (Å²) in [5.74, 6) is 0.0485. The number of nitro groups is 1. The van der Waals surface area contributed by atoms with Crippen LogP contribution in [-0.4, -0.2) is 65.5 Å². The Morgan fingerprint density at radius 3 is 2.36 bits per heavy atom. The highest BCUT2D eigenvalue weighted by Crippen LogP contribution is 2.39. The van der Waals surface area contributed by atoms with Crippen molar-refractivity contribution in [2.24, 2.45) is 5.92 Å². The van der Waals surface area contributed by atoms with E-state index in [2.05, 4.69) is 31.0 Å². The molecule has 2 atom stereocenters. The Morgan fingerprint density at radius 2 is 1.62 bits per heavy atom. The van der Waals surface area contributed by atoms with Gasteiger partial charge in [-0.05, 0) is 76.8 Å². The lowest BCUT2D eigenvalue weighted by Crippen LogP contribution is -2.49. The predicted molar refractivity (Wildman–Crippen MR) is 184 cm³/mol. The minimum atomic E-state index is -0.417. The number of carbonyl (C=O) groups excluding carboxylic acids is 2. The molecule has 2 bridgehead atoms. The maximum Gasteiger partial charge on any atom is 0.269 e. The van der Waals surface area contributed by atoms with E-state index < -0.39 is 4.92 Å². The van der Waals surface area contributed by atoms with Crippen LogP contribution in [0.15, 0.2) is 94.2 Å². The molecule has 1 N–H and O–H groups in total. The zero-order valence-electron chi connectivity index (χ0n) is 25.5. The summed E-state index contributed by atoms with van der Waals surface area (Å²) in [5, 5.41) is 14.1. The normalized spacial score (nSPS) is 18.8. The maximum absolute atomic E-state index is 13.8. The Kier molecular flexibility index (Phi) is 8.27. The summed E-state index contributed by atoms with van der Waals surface area (Å²) < 4.78 is 2.57. The first-order valence-electron chi connectivity index (χ1n) is 15.7. The van der Waals surface area contributed by atoms with Gasteiger partial charge in [-0.3, -0.25) is 24.5 Å². The van der Waals surface area contributed by atoms with E-state index in [1.54, 1.807) is 35.2 Å². The number of halogens is 1. The van der Waals surface area contributed by atoms with E-state index in [0.29, 0.717) is 60.6 Å². The average molecular weight is 698 g/mol. The number of fused-ring (bicyclic) bond motifs is 4. The molecule has 240 valence electrons. The Balaban J connectivity index is 1.13. The van der Waals surface area contributed by atoms with Gasteiger partial charge < -0.3 is 24.6 Å². The Labute approximate surface area is 279 Å². The van der Waals surface area contributed by atoms with Gasteiger partial charge in [0.1, 0.15) is 0 Å². The number of hydrogen-bond donors (Lipinski definition) is 1. The highest BCUT2D eigenvalue weighted by molar-refractivity contribution is 9.10. The number of pyridine rings is 1. The van der Waals surface area contributed by atoms with Gasteiger partial charge in [0.05, 0.1) is 21.9 Å². The minimum absolute atomic E-state index is 0.0310. The fraction of sp³-hybridized carbons (Fsp3) is 0.286. The number of aromatic nitrogens is 1. The summed E-state index contributed by atoms with van der Waals surface area (Å²) in [4.78, 5) is 56.7. The Bertz CT molecular complexity index is 1920. The second-order valence-electron chi connectivity index (χ2n) is 12.3. The van der Waals surface area contributed by atoms with E-state index in [1.165, 1.54) is 12.1 Å². The van der Waals surface area contributed by atoms with Gasteiger partial charge in [0.15, 0.2) is 0 Å². The Hall–Kier alpha value is -4.97. The molecule has 0 spiro atoms. The first-order chi connectivity index (χ1) is 22.7. The van der Waals surface area contributed by atoms with Crippen LogP contribution in [0, 0.1) is 16.0 Å². The Morgan fingerprint density at radius 1 is 0.851 bits per heavy atom. The predicted octanol–water partition coefficient (Wildman–Crippen LogP) is 5.36. The largest absolute Gasteiger partial charge is 0.369 e. The van der Waals surface area contributed by atoms with E-state index >= 15 is 0 Å². The van der Waals surface area contributed by atoms with Crippen LogP contribution in [0.2, 0.25) is 0 Å². The zero-order chi connectivity index (χ0) is 32.7. The highest BCUT2D eigenvalue weighted by atomic mass is 79.9. The SMILES string of the molecule is O=C(Nc1cc(C(=O)N2CCN(c3ccc([N+](=O)[O-])cc3)CC2)ccc1N1C[C@H]2C[C@@H](C1)c1cccc(=O)n1C2)c1ccccc1Br. The van der Waals surface area contributed by atoms with Crippen molar-refractivity contribution >= 4 is 50.5 Å². The summed E-state index contributed by atoms with van der Waals surface area (Å²) in [6, 6.07) is 24.7. The number of hydrogen-bond acceptors (Lipinski definition) is 7. The van der Waals surface area contributed by atoms with Crippen molar-refractivity contribution < 1.29 is 14.5 Å². The van der Waals surface area contributed by atoms with Crippen molar-refractivity contribution in [2.45, 2.75) is 18.9 Å². The number of non-ortho nitro benzene ring substituents is 1. The number of nitrogens with one attached hydrogen (secondary N) is 1. The molecule has 11 nitrogen and oxygen atoms in total. The lowest BCUT2D eigenvalue weighted by atomic mass is 9.83. The molecule has 0 saturated carbocycles. The quantitative estimate of drug-likeness (QED) is 0.213. The van der Waals surface area contributed by atoms with Crippen molar-refractivity contribution in [3.63, 3.8) is 0 Å². The molecule has 3 aromatic carbocycles. The molecule has 4 heterocycles. The summed E-state index contributed by atoms with van der Waals surface area (Å²) in [5.41, 5.74) is 4.36. The van der Waals surface area contributed by atoms with Gasteiger partial charge in [-0.2, -0.15) is 0 Å². The molecule has 7 rings (SSSR count). The van der Waals surface area contributed by atoms with Crippen LogP contribution in [0.25, 0.3) is 0 Å². The number of benzene rings is 3. The first kappa shape index (κ1) is 30.7. The average Bonchev–Trinajstić information content (AvgIpc) is 3.08. The summed E-state index contributed by atoms with van der Waals surface area (Å²) in [7, 11) is 0. The van der Waals surface area contributed by atoms with Crippen molar-refractivity contribution in [2.75, 3.05) is 54.4 Å². The molecule has 1 aromatic heterocycles. The molecular formula is C35H33BrN6O5. The van der Waals surface area contributed by atoms with Gasteiger partial charge in [0.2, 0.25) is 0 Å². The summed E-state index contributed by atoms with van der Waals surface area (Å²) in [6.45, 7) is 4.24. The molecule has 4 aromatic rings. The van der Waals surface area contributed by atoms with E-state index in [-0.39, 0.29) is 34.9 Å². The highest BCUT2D eigenvalue weighted by Gasteiger charge is 2.35. The molecular weight excluding hydrogens is 664 g/mol. The van der Waals surface area contributed by atoms with Crippen LogP contribution in [0.5, 0.6) is 0 Å². The molecule has 2 amide bonds. The summed E-state index contributed by atoms with van der Waals surface area (Å²) >= 11 is 3.49. The van der Waals surface area contributed by atoms with Crippen molar-refractivity contribution in [1.82, 2.24) is 9.47 Å². The van der Waals surface area contributed by atoms with Gasteiger partial charge in [-0.15, -0.1) is 0 Å². The number of anilines is 3. The minimum Gasteiger partial charge on any atom is -0.369 e. The van der Waals surface area contributed by atoms with E-state index in [1.807, 2.05) is 47.0 Å². The van der Waals surface area contributed by atoms with Crippen LogP contribution < -0.4 is 20.7 Å². The van der Waals surface area contributed by atoms with Crippen molar-refractivity contribution in [1.29, 1.82) is 0 Å². The molecule has 0 radical (unpaired) electrons. The lowest BCUT2D eigenvalue weighted by Gasteiger charge is -2.44. The standard InChI is InChI=1S/C35H33BrN6O5/c36-29-5-2-1-4-28(29)34(44)37-30-19-24(35(45)39-16-14-38(15-17-39)26-9-11-27(12-10-26)42(46)47)8-13-32(30)40-20-23-18-25(22-40)31-6-3-7-33(43)41(31)21-23/h1-13,19,23,25H,14-18,20-22H2,(H,37,44)/t23-,25+/m1/s1. The van der Waals surface area contributed by atoms with Crippen LogP contribution >= 0.6 is 15.9 Å². The van der Waals surface area contributed by atoms with Crippen LogP contribution in [0.4, 0.5) is 22.7 Å². The van der Waals surface area contributed by atoms with Crippen molar-refractivity contribution in [3.05, 3.63) is 127 Å². The topological polar surface area (TPSA) is 121 Å². The maximum atomic E-state index is 13.8. The van der Waals surface area contributed by atoms with E-state index in [9.17, 15) is 24.5 Å². The van der Waals surface area contributed by atoms with E-state index in [0.717, 1.165) is 30.0 Å². The third-order valence-electron chi connectivity index (χ3n) is 9.42. The molecule has 2 saturated heterocycles. The third kappa shape index (κ3) is 6.12. The zero-order valence-corrected chi connectivity index (χ0v) is 27.1. The number of nitrogens with zero attached hydrogens (tertiary/aromatic N) is 5. The second kappa shape index (κ2) is 12.7. The second-order valence-corrected chi connectivity index (χ2v) is 13.2. The fourth-order valence-corrected chi connectivity index (χ4v) is 7.57. The number of rotatable bonds is 6. The molecule has 3 aliphatic rings. The van der Waals surface area contributed by atoms with Gasteiger partial charge in [-0.1, -0.05) is 18.2 Å². The number of piperazine rings is 1. The van der Waals surface area contributed by atoms with Crippen LogP contribution in [0.3, 0.4) is 0 Å². The molecule has 47 heavy (non-hydrogen) atoms. The van der Waals surface area contributed by atoms with Crippen molar-refractivity contribution in [3.8, 4) is 0 Å². The van der Waals surface area contributed by atoms with Gasteiger partial charge in [0.25, 0.3) is 23.1 Å². The number of amides is 2. The molecule has 0 unspecified atom stereocenters. The van der Waals surface area contributed by atoms with E-state index in [4.69, 9.17) is 0 Å². The molecule has 3 aliphatic heterocycles. The summed E-state index contributed by atoms with van der Waals surface area (Å²) in [6.07, 6.45) is 1.00. The van der Waals surface area contributed by atoms with Gasteiger partial charge in [-0.25, -0.2) is 0 Å². The molecule has 12 heteroatoms. The van der Waals surface area contributed by atoms with Gasteiger partial charge >= 0.3 is 0 Å². The molecule has 2 fully saturated rings. The van der Waals surface area contributed by atoms with Gasteiger partial charge in [0, 0.05) is 91.3 Å². The lowest BCUT2D eigenvalue weighted by molar-refractivity contribution is -0.384. The number of nitro benzene ring substituents is 1.